The summed E-state index contributed by atoms with van der Waals surface area (Å²) in [7, 11) is 1.86. The molecule has 2 aromatic rings. The maximum atomic E-state index is 13.9. The highest BCUT2D eigenvalue weighted by atomic mass is 19.1. The molecular weight excluding hydrogens is 299 g/mol. The number of rotatable bonds is 4. The minimum Gasteiger partial charge on any atom is -0.486 e. The number of hydrogen-bond donors (Lipinski definition) is 2. The van der Waals surface area contributed by atoms with E-state index in [1.807, 2.05) is 17.8 Å². The Hall–Kier alpha value is -2.41. The number of nitrogens with zero attached hydrogens (tertiary/aromatic N) is 2. The van der Waals surface area contributed by atoms with Crippen molar-refractivity contribution in [3.63, 3.8) is 0 Å². The Morgan fingerprint density at radius 3 is 3.00 bits per heavy atom. The normalized spacial score (nSPS) is 21.1. The lowest BCUT2D eigenvalue weighted by Gasteiger charge is -2.28. The number of aryl methyl sites for hydroxylation is 1. The molecule has 2 atom stereocenters. The third kappa shape index (κ3) is 3.34. The second kappa shape index (κ2) is 6.37. The molecule has 2 heterocycles. The van der Waals surface area contributed by atoms with Crippen LogP contribution in [-0.4, -0.2) is 40.8 Å². The zero-order valence-corrected chi connectivity index (χ0v) is 12.8. The molecule has 0 aliphatic carbocycles. The molecule has 1 saturated heterocycles. The number of carbonyl (C=O) groups is 1. The van der Waals surface area contributed by atoms with E-state index < -0.39 is 18.2 Å². The number of amides is 1. The Morgan fingerprint density at radius 2 is 2.35 bits per heavy atom. The Labute approximate surface area is 133 Å². The first kappa shape index (κ1) is 15.5. The molecule has 3 rings (SSSR count). The molecule has 1 aliphatic rings. The lowest BCUT2D eigenvalue weighted by Crippen LogP contribution is -2.44. The maximum absolute atomic E-state index is 13.9. The van der Waals surface area contributed by atoms with E-state index in [-0.39, 0.29) is 12.1 Å². The van der Waals surface area contributed by atoms with Crippen LogP contribution in [-0.2, 0) is 7.05 Å². The largest absolute Gasteiger partial charge is 0.486 e. The van der Waals surface area contributed by atoms with Gasteiger partial charge in [-0.25, -0.2) is 9.37 Å². The number of nitrogens with two attached hydrogens (primary N) is 1. The molecule has 1 fully saturated rings. The molecule has 0 spiro atoms. The number of imidazole rings is 1. The van der Waals surface area contributed by atoms with Gasteiger partial charge in [0.05, 0.1) is 17.6 Å². The standard InChI is InChI=1S/C16H19FN4O2/c1-21-8-13(20-9-21)10-2-3-14(11(6-10)16(18)22)23-15-4-5-19-7-12(15)17/h2-3,6,8-9,12,15,19H,4-5,7H2,1H3,(H2,18,22)/t12-,15?/m1/s1. The van der Waals surface area contributed by atoms with Crippen molar-refractivity contribution < 1.29 is 13.9 Å². The summed E-state index contributed by atoms with van der Waals surface area (Å²) in [5.74, 6) is -0.297. The van der Waals surface area contributed by atoms with Crippen LogP contribution in [0, 0.1) is 0 Å². The van der Waals surface area contributed by atoms with Gasteiger partial charge in [-0.05, 0) is 31.2 Å². The van der Waals surface area contributed by atoms with Crippen LogP contribution in [0.5, 0.6) is 5.75 Å². The molecule has 1 amide bonds. The summed E-state index contributed by atoms with van der Waals surface area (Å²) in [5.41, 5.74) is 7.18. The van der Waals surface area contributed by atoms with E-state index in [1.54, 1.807) is 24.5 Å². The van der Waals surface area contributed by atoms with Crippen molar-refractivity contribution >= 4 is 5.91 Å². The van der Waals surface area contributed by atoms with Gasteiger partial charge < -0.3 is 20.4 Å². The molecule has 7 heteroatoms. The number of nitrogens with one attached hydrogen (secondary N) is 1. The van der Waals surface area contributed by atoms with E-state index in [1.165, 1.54) is 0 Å². The highest BCUT2D eigenvalue weighted by molar-refractivity contribution is 5.96. The number of ether oxygens (including phenoxy) is 1. The van der Waals surface area contributed by atoms with Gasteiger partial charge in [0, 0.05) is 25.4 Å². The Bertz CT molecular complexity index is 716. The van der Waals surface area contributed by atoms with Gasteiger partial charge in [0.2, 0.25) is 0 Å². The molecule has 1 aliphatic heterocycles. The summed E-state index contributed by atoms with van der Waals surface area (Å²) in [6, 6.07) is 5.07. The van der Waals surface area contributed by atoms with Crippen LogP contribution < -0.4 is 15.8 Å². The van der Waals surface area contributed by atoms with Gasteiger partial charge in [0.15, 0.2) is 0 Å². The molecule has 0 saturated carbocycles. The molecule has 1 aromatic heterocycles. The Kier molecular flexibility index (Phi) is 4.29. The molecule has 23 heavy (non-hydrogen) atoms. The van der Waals surface area contributed by atoms with Crippen LogP contribution in [0.15, 0.2) is 30.7 Å². The molecular formula is C16H19FN4O2. The van der Waals surface area contributed by atoms with Crippen molar-refractivity contribution in [2.45, 2.75) is 18.7 Å². The van der Waals surface area contributed by atoms with Crippen molar-refractivity contribution in [3.05, 3.63) is 36.3 Å². The van der Waals surface area contributed by atoms with Gasteiger partial charge in [0.25, 0.3) is 5.91 Å². The van der Waals surface area contributed by atoms with Crippen molar-refractivity contribution in [2.24, 2.45) is 12.8 Å². The zero-order valence-electron chi connectivity index (χ0n) is 12.8. The van der Waals surface area contributed by atoms with Gasteiger partial charge in [-0.15, -0.1) is 0 Å². The second-order valence-corrected chi connectivity index (χ2v) is 5.66. The topological polar surface area (TPSA) is 82.2 Å². The average molecular weight is 318 g/mol. The summed E-state index contributed by atoms with van der Waals surface area (Å²) < 4.78 is 21.4. The third-order valence-corrected chi connectivity index (χ3v) is 3.87. The molecule has 1 aromatic carbocycles. The predicted octanol–water partition coefficient (Wildman–Crippen LogP) is 1.26. The first-order valence-electron chi connectivity index (χ1n) is 7.48. The number of hydrogen-bond acceptors (Lipinski definition) is 4. The van der Waals surface area contributed by atoms with E-state index >= 15 is 0 Å². The SMILES string of the molecule is Cn1cnc(-c2ccc(OC3CCNC[C@H]3F)c(C(N)=O)c2)c1. The van der Waals surface area contributed by atoms with E-state index in [0.29, 0.717) is 18.7 Å². The summed E-state index contributed by atoms with van der Waals surface area (Å²) in [6.45, 7) is 0.936. The fraction of sp³-hybridized carbons (Fsp3) is 0.375. The number of piperidine rings is 1. The zero-order chi connectivity index (χ0) is 16.4. The van der Waals surface area contributed by atoms with E-state index in [9.17, 15) is 9.18 Å². The summed E-state index contributed by atoms with van der Waals surface area (Å²) in [5, 5.41) is 2.96. The molecule has 3 N–H and O–H groups in total. The molecule has 0 bridgehead atoms. The van der Waals surface area contributed by atoms with Crippen LogP contribution in [0.1, 0.15) is 16.8 Å². The highest BCUT2D eigenvalue weighted by Crippen LogP contribution is 2.28. The van der Waals surface area contributed by atoms with Crippen LogP contribution in [0.25, 0.3) is 11.3 Å². The van der Waals surface area contributed by atoms with E-state index in [0.717, 1.165) is 11.3 Å². The van der Waals surface area contributed by atoms with Crippen molar-refractivity contribution in [1.29, 1.82) is 0 Å². The van der Waals surface area contributed by atoms with Crippen LogP contribution in [0.2, 0.25) is 0 Å². The Balaban J connectivity index is 1.89. The van der Waals surface area contributed by atoms with Crippen LogP contribution in [0.3, 0.4) is 0 Å². The summed E-state index contributed by atoms with van der Waals surface area (Å²) in [4.78, 5) is 16.0. The quantitative estimate of drug-likeness (QED) is 0.889. The minimum absolute atomic E-state index is 0.235. The van der Waals surface area contributed by atoms with E-state index in [2.05, 4.69) is 10.3 Å². The predicted molar refractivity (Wildman–Crippen MR) is 84.0 cm³/mol. The first-order valence-corrected chi connectivity index (χ1v) is 7.48. The van der Waals surface area contributed by atoms with Crippen molar-refractivity contribution in [2.75, 3.05) is 13.1 Å². The number of alkyl halides is 1. The van der Waals surface area contributed by atoms with Gasteiger partial charge in [-0.2, -0.15) is 0 Å². The molecule has 6 nitrogen and oxygen atoms in total. The van der Waals surface area contributed by atoms with Crippen molar-refractivity contribution in [3.8, 4) is 17.0 Å². The number of carbonyl (C=O) groups excluding carboxylic acids is 1. The van der Waals surface area contributed by atoms with Gasteiger partial charge in [-0.3, -0.25) is 4.79 Å². The van der Waals surface area contributed by atoms with Gasteiger partial charge in [-0.1, -0.05) is 0 Å². The number of benzene rings is 1. The van der Waals surface area contributed by atoms with Gasteiger partial charge in [0.1, 0.15) is 18.0 Å². The first-order chi connectivity index (χ1) is 11.0. The van der Waals surface area contributed by atoms with E-state index in [4.69, 9.17) is 10.5 Å². The molecule has 122 valence electrons. The Morgan fingerprint density at radius 1 is 1.52 bits per heavy atom. The minimum atomic E-state index is -1.11. The number of halogens is 1. The smallest absolute Gasteiger partial charge is 0.252 e. The van der Waals surface area contributed by atoms with Crippen LogP contribution >= 0.6 is 0 Å². The maximum Gasteiger partial charge on any atom is 0.252 e. The van der Waals surface area contributed by atoms with Gasteiger partial charge >= 0.3 is 0 Å². The second-order valence-electron chi connectivity index (χ2n) is 5.66. The van der Waals surface area contributed by atoms with Crippen LogP contribution in [0.4, 0.5) is 4.39 Å². The summed E-state index contributed by atoms with van der Waals surface area (Å²) >= 11 is 0. The summed E-state index contributed by atoms with van der Waals surface area (Å²) in [6.07, 6.45) is 2.37. The molecule has 1 unspecified atom stereocenters. The lowest BCUT2D eigenvalue weighted by atomic mass is 10.1. The number of primary amides is 1. The highest BCUT2D eigenvalue weighted by Gasteiger charge is 2.27. The molecule has 0 radical (unpaired) electrons. The average Bonchev–Trinajstić information content (AvgIpc) is 2.96. The monoisotopic (exact) mass is 318 g/mol. The fourth-order valence-corrected chi connectivity index (χ4v) is 2.64. The fourth-order valence-electron chi connectivity index (χ4n) is 2.64. The van der Waals surface area contributed by atoms with Crippen molar-refractivity contribution in [1.82, 2.24) is 14.9 Å². The third-order valence-electron chi connectivity index (χ3n) is 3.87. The lowest BCUT2D eigenvalue weighted by molar-refractivity contribution is 0.0713. The number of aromatic nitrogens is 2.